The summed E-state index contributed by atoms with van der Waals surface area (Å²) < 4.78 is 16.5. The van der Waals surface area contributed by atoms with Crippen molar-refractivity contribution < 1.29 is 13.9 Å². The lowest BCUT2D eigenvalue weighted by Gasteiger charge is -2.08. The third kappa shape index (κ3) is 2.97. The maximum absolute atomic E-state index is 5.85. The van der Waals surface area contributed by atoms with E-state index in [1.165, 1.54) is 0 Å². The first-order chi connectivity index (χ1) is 10.3. The van der Waals surface area contributed by atoms with E-state index in [1.54, 1.807) is 31.3 Å². The van der Waals surface area contributed by atoms with Crippen LogP contribution in [0.2, 0.25) is 0 Å². The number of hydrogen-bond acceptors (Lipinski definition) is 5. The van der Waals surface area contributed by atoms with Gasteiger partial charge >= 0.3 is 0 Å². The minimum Gasteiger partial charge on any atom is -0.497 e. The van der Waals surface area contributed by atoms with E-state index in [2.05, 4.69) is 4.98 Å². The number of rotatable bonds is 5. The molecule has 0 saturated heterocycles. The van der Waals surface area contributed by atoms with Crippen molar-refractivity contribution in [2.75, 3.05) is 13.4 Å². The Kier molecular flexibility index (Phi) is 4.01. The fourth-order valence-corrected chi connectivity index (χ4v) is 2.44. The van der Waals surface area contributed by atoms with Crippen LogP contribution in [0.1, 0.15) is 5.76 Å². The van der Waals surface area contributed by atoms with E-state index in [4.69, 9.17) is 13.9 Å². The highest BCUT2D eigenvalue weighted by atomic mass is 32.2. The van der Waals surface area contributed by atoms with Crippen LogP contribution in [0.25, 0.3) is 10.9 Å². The number of methoxy groups -OCH3 is 1. The molecule has 3 aromatic rings. The maximum Gasteiger partial charge on any atom is 0.146 e. The van der Waals surface area contributed by atoms with Gasteiger partial charge in [0, 0.05) is 22.5 Å². The van der Waals surface area contributed by atoms with Gasteiger partial charge in [-0.25, -0.2) is 0 Å². The first kappa shape index (κ1) is 13.8. The van der Waals surface area contributed by atoms with E-state index in [0.29, 0.717) is 6.61 Å². The van der Waals surface area contributed by atoms with Gasteiger partial charge in [-0.05, 0) is 30.5 Å². The van der Waals surface area contributed by atoms with Crippen LogP contribution < -0.4 is 9.47 Å². The molecule has 21 heavy (non-hydrogen) atoms. The van der Waals surface area contributed by atoms with Crippen LogP contribution in [-0.4, -0.2) is 18.3 Å². The molecule has 0 saturated carbocycles. The van der Waals surface area contributed by atoms with Crippen molar-refractivity contribution in [3.63, 3.8) is 0 Å². The van der Waals surface area contributed by atoms with Crippen LogP contribution in [-0.2, 0) is 6.61 Å². The van der Waals surface area contributed by atoms with Gasteiger partial charge in [-0.15, -0.1) is 11.8 Å². The molecule has 0 radical (unpaired) electrons. The zero-order valence-corrected chi connectivity index (χ0v) is 12.6. The molecule has 0 fully saturated rings. The summed E-state index contributed by atoms with van der Waals surface area (Å²) in [7, 11) is 1.64. The van der Waals surface area contributed by atoms with Crippen molar-refractivity contribution >= 4 is 22.7 Å². The second-order valence-electron chi connectivity index (χ2n) is 4.43. The molecule has 0 spiro atoms. The molecular formula is C16H15NO3S. The molecule has 0 aliphatic carbocycles. The van der Waals surface area contributed by atoms with Gasteiger partial charge in [0.15, 0.2) is 0 Å². The van der Waals surface area contributed by atoms with Crippen LogP contribution in [0, 0.1) is 0 Å². The molecule has 0 N–H and O–H groups in total. The summed E-state index contributed by atoms with van der Waals surface area (Å²) in [6.07, 6.45) is 5.48. The lowest BCUT2D eigenvalue weighted by Crippen LogP contribution is -1.95. The molecule has 3 rings (SSSR count). The molecule has 0 aliphatic rings. The lowest BCUT2D eigenvalue weighted by molar-refractivity contribution is 0.273. The van der Waals surface area contributed by atoms with Crippen LogP contribution >= 0.6 is 11.8 Å². The Labute approximate surface area is 127 Å². The molecule has 4 nitrogen and oxygen atoms in total. The predicted octanol–water partition coefficient (Wildman–Crippen LogP) is 4.14. The average Bonchev–Trinajstić information content (AvgIpc) is 3.00. The Hall–Kier alpha value is -2.14. The second-order valence-corrected chi connectivity index (χ2v) is 5.31. The number of furan rings is 1. The van der Waals surface area contributed by atoms with Crippen LogP contribution in [0.4, 0.5) is 0 Å². The molecule has 5 heteroatoms. The topological polar surface area (TPSA) is 44.5 Å². The predicted molar refractivity (Wildman–Crippen MR) is 83.1 cm³/mol. The van der Waals surface area contributed by atoms with Crippen molar-refractivity contribution in [3.8, 4) is 11.5 Å². The smallest absolute Gasteiger partial charge is 0.146 e. The van der Waals surface area contributed by atoms with Crippen molar-refractivity contribution in [2.24, 2.45) is 0 Å². The monoisotopic (exact) mass is 301 g/mol. The number of ether oxygens (including phenoxy) is 2. The zero-order valence-electron chi connectivity index (χ0n) is 11.8. The van der Waals surface area contributed by atoms with E-state index in [9.17, 15) is 0 Å². The first-order valence-corrected chi connectivity index (χ1v) is 7.69. The fourth-order valence-electron chi connectivity index (χ4n) is 2.05. The standard InChI is InChI=1S/C16H15NO3S/c1-18-11-3-4-14-15(8-11)17-6-5-16(14)20-9-12-7-13(21-2)10-19-12/h3-8,10H,9H2,1-2H3. The second kappa shape index (κ2) is 6.10. The number of nitrogens with zero attached hydrogens (tertiary/aromatic N) is 1. The molecule has 0 amide bonds. The molecule has 2 heterocycles. The van der Waals surface area contributed by atoms with Crippen molar-refractivity contribution in [2.45, 2.75) is 11.5 Å². The Morgan fingerprint density at radius 1 is 1.24 bits per heavy atom. The van der Waals surface area contributed by atoms with Gasteiger partial charge in [-0.2, -0.15) is 0 Å². The summed E-state index contributed by atoms with van der Waals surface area (Å²) in [6, 6.07) is 9.58. The SMILES string of the molecule is COc1ccc2c(OCc3cc(SC)co3)ccnc2c1. The lowest BCUT2D eigenvalue weighted by atomic mass is 10.2. The molecule has 108 valence electrons. The Bertz CT molecular complexity index is 754. The van der Waals surface area contributed by atoms with Gasteiger partial charge in [-0.1, -0.05) is 0 Å². The van der Waals surface area contributed by atoms with Crippen molar-refractivity contribution in [3.05, 3.63) is 48.6 Å². The summed E-state index contributed by atoms with van der Waals surface area (Å²) >= 11 is 1.64. The molecule has 0 bridgehead atoms. The van der Waals surface area contributed by atoms with Gasteiger partial charge in [0.25, 0.3) is 0 Å². The third-order valence-electron chi connectivity index (χ3n) is 3.15. The van der Waals surface area contributed by atoms with E-state index < -0.39 is 0 Å². The minimum atomic E-state index is 0.395. The summed E-state index contributed by atoms with van der Waals surface area (Å²) in [5.41, 5.74) is 0.844. The molecule has 2 aromatic heterocycles. The summed E-state index contributed by atoms with van der Waals surface area (Å²) in [4.78, 5) is 5.43. The summed E-state index contributed by atoms with van der Waals surface area (Å²) in [6.45, 7) is 0.395. The van der Waals surface area contributed by atoms with E-state index >= 15 is 0 Å². The minimum absolute atomic E-state index is 0.395. The van der Waals surface area contributed by atoms with Gasteiger partial charge in [0.1, 0.15) is 30.1 Å². The number of hydrogen-bond donors (Lipinski definition) is 0. The normalized spacial score (nSPS) is 10.8. The average molecular weight is 301 g/mol. The van der Waals surface area contributed by atoms with Crippen molar-refractivity contribution in [1.82, 2.24) is 4.98 Å². The first-order valence-electron chi connectivity index (χ1n) is 6.47. The number of fused-ring (bicyclic) bond motifs is 1. The summed E-state index contributed by atoms with van der Waals surface area (Å²) in [5.74, 6) is 2.37. The molecule has 0 unspecified atom stereocenters. The van der Waals surface area contributed by atoms with E-state index in [1.807, 2.05) is 36.6 Å². The number of pyridine rings is 1. The van der Waals surface area contributed by atoms with Gasteiger partial charge in [-0.3, -0.25) is 4.98 Å². The highest BCUT2D eigenvalue weighted by Gasteiger charge is 2.07. The Morgan fingerprint density at radius 2 is 2.14 bits per heavy atom. The third-order valence-corrected chi connectivity index (χ3v) is 3.83. The largest absolute Gasteiger partial charge is 0.497 e. The number of aromatic nitrogens is 1. The van der Waals surface area contributed by atoms with Crippen LogP contribution in [0.5, 0.6) is 11.5 Å². The van der Waals surface area contributed by atoms with Crippen LogP contribution in [0.15, 0.2) is 52.1 Å². The Morgan fingerprint density at radius 3 is 2.90 bits per heavy atom. The van der Waals surface area contributed by atoms with E-state index in [0.717, 1.165) is 33.1 Å². The highest BCUT2D eigenvalue weighted by Crippen LogP contribution is 2.28. The number of thioether (sulfide) groups is 1. The molecule has 0 atom stereocenters. The van der Waals surface area contributed by atoms with Crippen molar-refractivity contribution in [1.29, 1.82) is 0 Å². The maximum atomic E-state index is 5.85. The van der Waals surface area contributed by atoms with E-state index in [-0.39, 0.29) is 0 Å². The zero-order chi connectivity index (χ0) is 14.7. The number of benzene rings is 1. The Balaban J connectivity index is 1.83. The highest BCUT2D eigenvalue weighted by molar-refractivity contribution is 7.98. The van der Waals surface area contributed by atoms with Gasteiger partial charge in [0.05, 0.1) is 12.6 Å². The van der Waals surface area contributed by atoms with Gasteiger partial charge < -0.3 is 13.9 Å². The quantitative estimate of drug-likeness (QED) is 0.663. The molecule has 1 aromatic carbocycles. The molecular weight excluding hydrogens is 286 g/mol. The summed E-state index contributed by atoms with van der Waals surface area (Å²) in [5, 5.41) is 0.954. The van der Waals surface area contributed by atoms with Crippen LogP contribution in [0.3, 0.4) is 0 Å². The molecule has 0 aliphatic heterocycles. The van der Waals surface area contributed by atoms with Gasteiger partial charge in [0.2, 0.25) is 0 Å². The fraction of sp³-hybridized carbons (Fsp3) is 0.188.